The van der Waals surface area contributed by atoms with E-state index in [1.807, 2.05) is 18.2 Å². The van der Waals surface area contributed by atoms with Crippen LogP contribution >= 0.6 is 23.2 Å². The zero-order valence-corrected chi connectivity index (χ0v) is 15.0. The summed E-state index contributed by atoms with van der Waals surface area (Å²) in [4.78, 5) is 24.0. The van der Waals surface area contributed by atoms with Gasteiger partial charge >= 0.3 is 5.69 Å². The van der Waals surface area contributed by atoms with E-state index >= 15 is 0 Å². The Labute approximate surface area is 153 Å². The fourth-order valence-corrected chi connectivity index (χ4v) is 3.00. The van der Waals surface area contributed by atoms with Crippen LogP contribution < -0.4 is 11.1 Å². The summed E-state index contributed by atoms with van der Waals surface area (Å²) in [5.41, 5.74) is 4.94. The van der Waals surface area contributed by atoms with E-state index in [2.05, 4.69) is 10.5 Å². The number of imidazole rings is 1. The molecular weight excluding hydrogens is 363 g/mol. The summed E-state index contributed by atoms with van der Waals surface area (Å²) >= 11 is 11.8. The number of nitrogens with zero attached hydrogens (tertiary/aromatic N) is 3. The zero-order valence-electron chi connectivity index (χ0n) is 13.5. The van der Waals surface area contributed by atoms with Crippen molar-refractivity contribution < 1.29 is 4.79 Å². The summed E-state index contributed by atoms with van der Waals surface area (Å²) in [6.45, 7) is 0. The minimum atomic E-state index is -0.439. The molecule has 0 saturated heterocycles. The minimum Gasteiger partial charge on any atom is -0.295 e. The highest BCUT2D eigenvalue weighted by atomic mass is 35.5. The van der Waals surface area contributed by atoms with Crippen molar-refractivity contribution in [3.8, 4) is 0 Å². The topological polar surface area (TPSA) is 68.4 Å². The standard InChI is InChI=1S/C17H14Cl2N4O2/c1-22-14-6-3-10(7-15(14)23(2)17(22)25)9-20-21-16(24)12-5-4-11(18)8-13(12)19/h3-9H,1-2H3,(H,21,24). The molecule has 25 heavy (non-hydrogen) atoms. The number of rotatable bonds is 3. The average Bonchev–Trinajstić information content (AvgIpc) is 2.79. The Morgan fingerprint density at radius 3 is 2.52 bits per heavy atom. The zero-order chi connectivity index (χ0) is 18.1. The summed E-state index contributed by atoms with van der Waals surface area (Å²) in [6, 6.07) is 10.1. The second kappa shape index (κ2) is 6.74. The number of benzene rings is 2. The Bertz CT molecular complexity index is 1070. The van der Waals surface area contributed by atoms with E-state index < -0.39 is 5.91 Å². The molecule has 2 aromatic carbocycles. The fraction of sp³-hybridized carbons (Fsp3) is 0.118. The van der Waals surface area contributed by atoms with E-state index in [1.54, 1.807) is 29.3 Å². The first kappa shape index (κ1) is 17.3. The van der Waals surface area contributed by atoms with E-state index in [4.69, 9.17) is 23.2 Å². The first-order valence-electron chi connectivity index (χ1n) is 7.32. The molecule has 0 aliphatic carbocycles. The summed E-state index contributed by atoms with van der Waals surface area (Å²) in [6.07, 6.45) is 1.50. The number of hydrogen-bond donors (Lipinski definition) is 1. The lowest BCUT2D eigenvalue weighted by Crippen LogP contribution is -2.19. The molecule has 3 rings (SSSR count). The summed E-state index contributed by atoms with van der Waals surface area (Å²) < 4.78 is 3.12. The number of nitrogens with one attached hydrogen (secondary N) is 1. The second-order valence-electron chi connectivity index (χ2n) is 5.47. The number of hydrazone groups is 1. The van der Waals surface area contributed by atoms with Gasteiger partial charge in [-0.3, -0.25) is 13.9 Å². The molecule has 8 heteroatoms. The summed E-state index contributed by atoms with van der Waals surface area (Å²) in [5.74, 6) is -0.439. The van der Waals surface area contributed by atoms with Gasteiger partial charge in [-0.25, -0.2) is 10.2 Å². The molecule has 0 spiro atoms. The van der Waals surface area contributed by atoms with Gasteiger partial charge in [-0.1, -0.05) is 29.3 Å². The van der Waals surface area contributed by atoms with Gasteiger partial charge in [0.15, 0.2) is 0 Å². The molecule has 1 aromatic heterocycles. The van der Waals surface area contributed by atoms with Crippen LogP contribution in [0.4, 0.5) is 0 Å². The van der Waals surface area contributed by atoms with Gasteiger partial charge in [0, 0.05) is 19.1 Å². The Morgan fingerprint density at radius 1 is 1.08 bits per heavy atom. The third kappa shape index (κ3) is 3.31. The quantitative estimate of drug-likeness (QED) is 0.563. The van der Waals surface area contributed by atoms with Crippen molar-refractivity contribution in [2.75, 3.05) is 0 Å². The lowest BCUT2D eigenvalue weighted by molar-refractivity contribution is 0.0955. The Balaban J connectivity index is 1.80. The lowest BCUT2D eigenvalue weighted by atomic mass is 10.2. The van der Waals surface area contributed by atoms with Crippen LogP contribution in [0.25, 0.3) is 11.0 Å². The molecule has 1 amide bonds. The third-order valence-corrected chi connectivity index (χ3v) is 4.40. The maximum absolute atomic E-state index is 12.1. The van der Waals surface area contributed by atoms with Gasteiger partial charge in [0.1, 0.15) is 0 Å². The monoisotopic (exact) mass is 376 g/mol. The second-order valence-corrected chi connectivity index (χ2v) is 6.32. The van der Waals surface area contributed by atoms with Gasteiger partial charge in [-0.05, 0) is 35.9 Å². The summed E-state index contributed by atoms with van der Waals surface area (Å²) in [5, 5.41) is 4.64. The molecule has 0 aliphatic heterocycles. The van der Waals surface area contributed by atoms with Gasteiger partial charge < -0.3 is 0 Å². The predicted molar refractivity (Wildman–Crippen MR) is 99.7 cm³/mol. The highest BCUT2D eigenvalue weighted by Crippen LogP contribution is 2.20. The van der Waals surface area contributed by atoms with Crippen LogP contribution in [-0.4, -0.2) is 21.3 Å². The van der Waals surface area contributed by atoms with Crippen LogP contribution in [0.5, 0.6) is 0 Å². The van der Waals surface area contributed by atoms with Crippen LogP contribution in [0.1, 0.15) is 15.9 Å². The maximum Gasteiger partial charge on any atom is 0.328 e. The molecule has 6 nitrogen and oxygen atoms in total. The Kier molecular flexibility index (Phi) is 4.65. The van der Waals surface area contributed by atoms with E-state index in [-0.39, 0.29) is 16.3 Å². The molecular formula is C17H14Cl2N4O2. The molecule has 0 radical (unpaired) electrons. The highest BCUT2D eigenvalue weighted by Gasteiger charge is 2.10. The molecule has 3 aromatic rings. The van der Waals surface area contributed by atoms with Crippen molar-refractivity contribution in [2.24, 2.45) is 19.2 Å². The minimum absolute atomic E-state index is 0.102. The van der Waals surface area contributed by atoms with Crippen molar-refractivity contribution in [1.29, 1.82) is 0 Å². The van der Waals surface area contributed by atoms with Crippen LogP contribution in [0.3, 0.4) is 0 Å². The number of aromatic nitrogens is 2. The van der Waals surface area contributed by atoms with Crippen molar-refractivity contribution in [1.82, 2.24) is 14.6 Å². The molecule has 0 fully saturated rings. The maximum atomic E-state index is 12.1. The normalized spacial score (nSPS) is 11.4. The number of halogens is 2. The number of aryl methyl sites for hydroxylation is 2. The first-order valence-corrected chi connectivity index (χ1v) is 8.08. The Morgan fingerprint density at radius 2 is 1.80 bits per heavy atom. The fourth-order valence-electron chi connectivity index (χ4n) is 2.50. The van der Waals surface area contributed by atoms with Crippen LogP contribution in [-0.2, 0) is 14.1 Å². The SMILES string of the molecule is Cn1c(=O)n(C)c2cc(C=NNC(=O)c3ccc(Cl)cc3Cl)ccc21. The van der Waals surface area contributed by atoms with Crippen molar-refractivity contribution in [2.45, 2.75) is 0 Å². The van der Waals surface area contributed by atoms with Crippen LogP contribution in [0, 0.1) is 0 Å². The lowest BCUT2D eigenvalue weighted by Gasteiger charge is -2.03. The Hall–Kier alpha value is -2.57. The molecule has 0 atom stereocenters. The number of fused-ring (bicyclic) bond motifs is 1. The molecule has 1 heterocycles. The highest BCUT2D eigenvalue weighted by molar-refractivity contribution is 6.36. The van der Waals surface area contributed by atoms with Crippen molar-refractivity contribution in [3.63, 3.8) is 0 Å². The van der Waals surface area contributed by atoms with Gasteiger partial charge in [0.25, 0.3) is 5.91 Å². The first-order chi connectivity index (χ1) is 11.9. The average molecular weight is 377 g/mol. The smallest absolute Gasteiger partial charge is 0.295 e. The van der Waals surface area contributed by atoms with Crippen LogP contribution in [0.2, 0.25) is 10.0 Å². The number of carbonyl (C=O) groups excluding carboxylic acids is 1. The van der Waals surface area contributed by atoms with Crippen molar-refractivity contribution >= 4 is 46.4 Å². The number of amides is 1. The molecule has 1 N–H and O–H groups in total. The largest absolute Gasteiger partial charge is 0.328 e. The molecule has 0 aliphatic rings. The van der Waals surface area contributed by atoms with E-state index in [1.165, 1.54) is 18.3 Å². The predicted octanol–water partition coefficient (Wildman–Crippen LogP) is 2.95. The van der Waals surface area contributed by atoms with E-state index in [9.17, 15) is 9.59 Å². The number of carbonyl (C=O) groups is 1. The van der Waals surface area contributed by atoms with Gasteiger partial charge in [0.05, 0.1) is 27.8 Å². The third-order valence-electron chi connectivity index (χ3n) is 3.85. The van der Waals surface area contributed by atoms with E-state index in [0.717, 1.165) is 16.6 Å². The van der Waals surface area contributed by atoms with E-state index in [0.29, 0.717) is 5.02 Å². The molecule has 0 saturated carbocycles. The van der Waals surface area contributed by atoms with Crippen molar-refractivity contribution in [3.05, 3.63) is 68.1 Å². The van der Waals surface area contributed by atoms with Gasteiger partial charge in [0.2, 0.25) is 0 Å². The number of hydrogen-bond acceptors (Lipinski definition) is 3. The molecule has 128 valence electrons. The molecule has 0 unspecified atom stereocenters. The van der Waals surface area contributed by atoms with Gasteiger partial charge in [-0.2, -0.15) is 5.10 Å². The molecule has 0 bridgehead atoms. The van der Waals surface area contributed by atoms with Crippen LogP contribution in [0.15, 0.2) is 46.3 Å². The summed E-state index contributed by atoms with van der Waals surface area (Å²) in [7, 11) is 3.42. The van der Waals surface area contributed by atoms with Gasteiger partial charge in [-0.15, -0.1) is 0 Å².